The van der Waals surface area contributed by atoms with Crippen LogP contribution in [-0.4, -0.2) is 10.6 Å². The van der Waals surface area contributed by atoms with Crippen molar-refractivity contribution in [1.82, 2.24) is 0 Å². The quantitative estimate of drug-likeness (QED) is 0.584. The summed E-state index contributed by atoms with van der Waals surface area (Å²) in [5.41, 5.74) is 3.20. The fourth-order valence-corrected chi connectivity index (χ4v) is 2.55. The monoisotopic (exact) mass is 290 g/mol. The second-order valence-corrected chi connectivity index (χ2v) is 4.76. The highest BCUT2D eigenvalue weighted by Crippen LogP contribution is 2.44. The molecule has 1 aliphatic heterocycles. The van der Waals surface area contributed by atoms with Gasteiger partial charge >= 0.3 is 0 Å². The minimum Gasteiger partial charge on any atom is -0.258 e. The van der Waals surface area contributed by atoms with Gasteiger partial charge < -0.3 is 0 Å². The number of rotatable bonds is 1. The van der Waals surface area contributed by atoms with Gasteiger partial charge in [-0.1, -0.05) is 34.2 Å². The summed E-state index contributed by atoms with van der Waals surface area (Å²) in [6.45, 7) is 0. The van der Waals surface area contributed by atoms with E-state index in [2.05, 4.69) is 20.9 Å². The highest BCUT2D eigenvalue weighted by atomic mass is 79.9. The third-order valence-corrected chi connectivity index (χ3v) is 3.26. The number of allylic oxidation sites excluding steroid dienone is 4. The Bertz CT molecular complexity index is 630. The lowest BCUT2D eigenvalue weighted by Crippen LogP contribution is -2.00. The van der Waals surface area contributed by atoms with Gasteiger partial charge in [0, 0.05) is 22.5 Å². The van der Waals surface area contributed by atoms with Crippen LogP contribution >= 0.6 is 15.9 Å². The Kier molecular flexibility index (Phi) is 2.22. The summed E-state index contributed by atoms with van der Waals surface area (Å²) < 4.78 is 0.680. The molecule has 0 spiro atoms. The largest absolute Gasteiger partial charge is 0.280 e. The van der Waals surface area contributed by atoms with Gasteiger partial charge in [-0.25, -0.2) is 0 Å². The number of nitrogens with zero attached hydrogens (tertiary/aromatic N) is 2. The van der Waals surface area contributed by atoms with E-state index < -0.39 is 0 Å². The predicted octanol–water partition coefficient (Wildman–Crippen LogP) is 3.79. The van der Waals surface area contributed by atoms with Crippen LogP contribution in [0.5, 0.6) is 0 Å². The molecule has 0 radical (unpaired) electrons. The average Bonchev–Trinajstić information content (AvgIpc) is 2.65. The third kappa shape index (κ3) is 1.54. The number of hydrogen-bond acceptors (Lipinski definition) is 3. The standard InChI is InChI=1S/C12H7BrN2O2/c13-7-5-10-12(11(6-7)15(16)17)8-3-1-2-4-9(8)14-10/h1-3,5-6H,4H2. The van der Waals surface area contributed by atoms with Gasteiger partial charge in [0.2, 0.25) is 0 Å². The second kappa shape index (κ2) is 3.63. The summed E-state index contributed by atoms with van der Waals surface area (Å²) in [7, 11) is 0. The smallest absolute Gasteiger partial charge is 0.258 e. The summed E-state index contributed by atoms with van der Waals surface area (Å²) in [5.74, 6) is 0. The minimum atomic E-state index is -0.360. The fourth-order valence-electron chi connectivity index (χ4n) is 2.12. The van der Waals surface area contributed by atoms with Gasteiger partial charge in [-0.15, -0.1) is 0 Å². The Morgan fingerprint density at radius 1 is 1.41 bits per heavy atom. The fraction of sp³-hybridized carbons (Fsp3) is 0.0833. The van der Waals surface area contributed by atoms with Crippen molar-refractivity contribution in [3.8, 4) is 0 Å². The molecule has 0 saturated heterocycles. The number of fused-ring (bicyclic) bond motifs is 3. The van der Waals surface area contributed by atoms with Crippen molar-refractivity contribution in [2.45, 2.75) is 6.42 Å². The van der Waals surface area contributed by atoms with E-state index >= 15 is 0 Å². The molecular formula is C12H7BrN2O2. The average molecular weight is 291 g/mol. The van der Waals surface area contributed by atoms with Gasteiger partial charge in [0.25, 0.3) is 5.69 Å². The van der Waals surface area contributed by atoms with E-state index in [0.717, 1.165) is 17.7 Å². The summed E-state index contributed by atoms with van der Waals surface area (Å²) in [5, 5.41) is 11.1. The Morgan fingerprint density at radius 3 is 3.00 bits per heavy atom. The first-order valence-electron chi connectivity index (χ1n) is 5.10. The van der Waals surface area contributed by atoms with Crippen molar-refractivity contribution in [3.05, 3.63) is 50.5 Å². The van der Waals surface area contributed by atoms with Crippen LogP contribution in [-0.2, 0) is 0 Å². The number of benzene rings is 1. The first-order chi connectivity index (χ1) is 8.16. The van der Waals surface area contributed by atoms with Crippen LogP contribution < -0.4 is 0 Å². The van der Waals surface area contributed by atoms with Gasteiger partial charge in [0.1, 0.15) is 0 Å². The van der Waals surface area contributed by atoms with Crippen molar-refractivity contribution >= 4 is 38.6 Å². The molecule has 1 heterocycles. The van der Waals surface area contributed by atoms with Crippen molar-refractivity contribution < 1.29 is 4.92 Å². The number of nitro benzene ring substituents is 1. The highest BCUT2D eigenvalue weighted by molar-refractivity contribution is 9.10. The molecule has 0 aromatic heterocycles. The SMILES string of the molecule is O=[N+]([O-])c1cc(Br)cc2c1C1=CC=CCC1=N2. The molecule has 17 heavy (non-hydrogen) atoms. The lowest BCUT2D eigenvalue weighted by Gasteiger charge is -2.06. The van der Waals surface area contributed by atoms with E-state index in [9.17, 15) is 10.1 Å². The van der Waals surface area contributed by atoms with Gasteiger partial charge in [-0.2, -0.15) is 0 Å². The molecule has 0 atom stereocenters. The molecule has 84 valence electrons. The molecule has 4 nitrogen and oxygen atoms in total. The van der Waals surface area contributed by atoms with Crippen molar-refractivity contribution in [1.29, 1.82) is 0 Å². The molecule has 1 aromatic rings. The van der Waals surface area contributed by atoms with Crippen LogP contribution in [0.4, 0.5) is 11.4 Å². The number of nitro groups is 1. The molecule has 1 aromatic carbocycles. The van der Waals surface area contributed by atoms with E-state index in [0.29, 0.717) is 15.7 Å². The van der Waals surface area contributed by atoms with Crippen molar-refractivity contribution in [3.63, 3.8) is 0 Å². The molecule has 0 N–H and O–H groups in total. The molecule has 0 fully saturated rings. The van der Waals surface area contributed by atoms with Gasteiger partial charge in [0.15, 0.2) is 0 Å². The summed E-state index contributed by atoms with van der Waals surface area (Å²) in [6.07, 6.45) is 6.52. The number of halogens is 1. The number of hydrogen-bond donors (Lipinski definition) is 0. The molecule has 0 bridgehead atoms. The normalized spacial score (nSPS) is 16.1. The second-order valence-electron chi connectivity index (χ2n) is 3.85. The Hall–Kier alpha value is -1.75. The molecule has 0 amide bonds. The molecule has 5 heteroatoms. The molecular weight excluding hydrogens is 284 g/mol. The van der Waals surface area contributed by atoms with E-state index in [4.69, 9.17) is 0 Å². The maximum Gasteiger partial charge on any atom is 0.280 e. The van der Waals surface area contributed by atoms with Crippen LogP contribution in [0.3, 0.4) is 0 Å². The van der Waals surface area contributed by atoms with Gasteiger partial charge in [0.05, 0.1) is 21.9 Å². The zero-order chi connectivity index (χ0) is 12.0. The Labute approximate surface area is 106 Å². The van der Waals surface area contributed by atoms with Crippen LogP contribution in [0.15, 0.2) is 39.8 Å². The van der Waals surface area contributed by atoms with Crippen LogP contribution in [0.2, 0.25) is 0 Å². The molecule has 0 unspecified atom stereocenters. The topological polar surface area (TPSA) is 55.5 Å². The zero-order valence-electron chi connectivity index (χ0n) is 8.68. The molecule has 1 aliphatic carbocycles. The lowest BCUT2D eigenvalue weighted by molar-refractivity contribution is -0.385. The molecule has 0 saturated carbocycles. The Morgan fingerprint density at radius 2 is 2.24 bits per heavy atom. The van der Waals surface area contributed by atoms with E-state index in [1.54, 1.807) is 0 Å². The van der Waals surface area contributed by atoms with E-state index in [-0.39, 0.29) is 10.6 Å². The maximum atomic E-state index is 11.1. The van der Waals surface area contributed by atoms with Crippen LogP contribution in [0, 0.1) is 10.1 Å². The predicted molar refractivity (Wildman–Crippen MR) is 69.6 cm³/mol. The van der Waals surface area contributed by atoms with E-state index in [1.807, 2.05) is 24.3 Å². The van der Waals surface area contributed by atoms with E-state index in [1.165, 1.54) is 6.07 Å². The van der Waals surface area contributed by atoms with Gasteiger partial charge in [-0.3, -0.25) is 15.1 Å². The first-order valence-corrected chi connectivity index (χ1v) is 5.89. The summed E-state index contributed by atoms with van der Waals surface area (Å²) in [4.78, 5) is 15.2. The first kappa shape index (κ1) is 10.4. The highest BCUT2D eigenvalue weighted by Gasteiger charge is 2.29. The molecule has 3 rings (SSSR count). The number of aliphatic imine (C=N–C) groups is 1. The minimum absolute atomic E-state index is 0.106. The third-order valence-electron chi connectivity index (χ3n) is 2.80. The lowest BCUT2D eigenvalue weighted by atomic mass is 9.96. The molecule has 2 aliphatic rings. The van der Waals surface area contributed by atoms with Gasteiger partial charge in [-0.05, 0) is 6.07 Å². The summed E-state index contributed by atoms with van der Waals surface area (Å²) in [6, 6.07) is 3.34. The summed E-state index contributed by atoms with van der Waals surface area (Å²) >= 11 is 3.27. The van der Waals surface area contributed by atoms with Crippen LogP contribution in [0.25, 0.3) is 5.57 Å². The zero-order valence-corrected chi connectivity index (χ0v) is 10.3. The van der Waals surface area contributed by atoms with Crippen LogP contribution in [0.1, 0.15) is 12.0 Å². The van der Waals surface area contributed by atoms with Crippen molar-refractivity contribution in [2.24, 2.45) is 4.99 Å². The Balaban J connectivity index is 2.30. The van der Waals surface area contributed by atoms with Crippen molar-refractivity contribution in [2.75, 3.05) is 0 Å². The maximum absolute atomic E-state index is 11.1.